The highest BCUT2D eigenvalue weighted by atomic mass is 15.2. The number of fused-ring (bicyclic) bond motifs is 10. The first-order valence-electron chi connectivity index (χ1n) is 29.9. The van der Waals surface area contributed by atoms with E-state index in [1.54, 1.807) is 11.1 Å². The summed E-state index contributed by atoms with van der Waals surface area (Å²) in [6.07, 6.45) is 12.9. The molecule has 8 aliphatic carbocycles. The van der Waals surface area contributed by atoms with Crippen LogP contribution in [0.2, 0.25) is 0 Å². The Morgan fingerprint density at radius 1 is 0.449 bits per heavy atom. The molecule has 372 valence electrons. The van der Waals surface area contributed by atoms with Gasteiger partial charge in [0.2, 0.25) is 0 Å². The van der Waals surface area contributed by atoms with Crippen LogP contribution >= 0.6 is 0 Å². The minimum atomic E-state index is -0.572. The van der Waals surface area contributed by atoms with Gasteiger partial charge in [-0.05, 0) is 220 Å². The van der Waals surface area contributed by atoms with Gasteiger partial charge in [0, 0.05) is 55.9 Å². The first-order chi connectivity index (χ1) is 38.5. The number of para-hydroxylation sites is 4. The quantitative estimate of drug-likeness (QED) is 0.147. The molecule has 0 saturated heterocycles. The molecule has 0 N–H and O–H groups in total. The van der Waals surface area contributed by atoms with Gasteiger partial charge in [0.25, 0.3) is 0 Å². The molecule has 4 atom stereocenters. The van der Waals surface area contributed by atoms with E-state index in [1.807, 2.05) is 0 Å². The Bertz CT molecular complexity index is 4230. The van der Waals surface area contributed by atoms with Gasteiger partial charge >= 0.3 is 6.85 Å². The predicted molar refractivity (Wildman–Crippen MR) is 317 cm³/mol. The summed E-state index contributed by atoms with van der Waals surface area (Å²) < 4.78 is 2.80. The largest absolute Gasteiger partial charge is 0.376 e. The average Bonchev–Trinajstić information content (AvgIpc) is 4.23. The van der Waals surface area contributed by atoms with Crippen molar-refractivity contribution in [3.8, 4) is 16.8 Å². The van der Waals surface area contributed by atoms with Crippen molar-refractivity contribution in [1.82, 2.24) is 4.57 Å². The zero-order valence-corrected chi connectivity index (χ0v) is 43.9. The topological polar surface area (TPSA) is 11.4 Å². The van der Waals surface area contributed by atoms with Gasteiger partial charge in [-0.3, -0.25) is 0 Å². The molecule has 4 heterocycles. The standard InChI is InChI=1S/C74H58BN3/c1-5-16-44(17-6-1)73(45-18-7-2-8-19-45)61-25-13-14-27-65(61)78-68-57(24-15-26-62(68)73)59-37-56(76(54-20-9-3-10-21-54)55-22-11-4-12-23-55)38-66-67(59)75(78)63-36-47(70-39-50-30-48-31-51(40-70)72(48,50)43-70)35-60-58-34-46(28-29-64(58)77(66)69(60)63)71-41-52-32-49-33-53(42-71)74(49,52)71/h1-29,34-38,48-53H,30-33,39-43H2. The maximum atomic E-state index is 2.88. The molecule has 2 bridgehead atoms. The fraction of sp³-hybridized carbons (Fsp3) is 0.270. The molecule has 3 aliphatic heterocycles. The summed E-state index contributed by atoms with van der Waals surface area (Å²) >= 11 is 0. The van der Waals surface area contributed by atoms with Crippen LogP contribution in [0.3, 0.4) is 0 Å². The third-order valence-corrected chi connectivity index (χ3v) is 25.0. The number of anilines is 5. The van der Waals surface area contributed by atoms with Crippen LogP contribution in [0.15, 0.2) is 206 Å². The molecule has 78 heavy (non-hydrogen) atoms. The second-order valence-electron chi connectivity index (χ2n) is 27.0. The summed E-state index contributed by atoms with van der Waals surface area (Å²) in [5.74, 6) is 5.70. The lowest BCUT2D eigenvalue weighted by Gasteiger charge is -2.91. The van der Waals surface area contributed by atoms with Crippen molar-refractivity contribution >= 4 is 68.0 Å². The Labute approximate surface area is 456 Å². The average molecular weight is 1000 g/mol. The fourth-order valence-electron chi connectivity index (χ4n) is 22.6. The molecular formula is C74H58BN3. The minimum Gasteiger partial charge on any atom is -0.376 e. The second kappa shape index (κ2) is 13.5. The van der Waals surface area contributed by atoms with Gasteiger partial charge in [0.1, 0.15) is 0 Å². The van der Waals surface area contributed by atoms with E-state index in [1.165, 1.54) is 147 Å². The van der Waals surface area contributed by atoms with Crippen molar-refractivity contribution in [2.45, 2.75) is 74.0 Å². The van der Waals surface area contributed by atoms with Crippen molar-refractivity contribution in [2.75, 3.05) is 9.71 Å². The second-order valence-corrected chi connectivity index (χ2v) is 27.0. The van der Waals surface area contributed by atoms with E-state index in [-0.39, 0.29) is 12.3 Å². The van der Waals surface area contributed by atoms with Crippen LogP contribution in [0.4, 0.5) is 28.4 Å². The van der Waals surface area contributed by atoms with E-state index < -0.39 is 5.41 Å². The summed E-state index contributed by atoms with van der Waals surface area (Å²) in [7, 11) is 0. The van der Waals surface area contributed by atoms with Gasteiger partial charge in [0.15, 0.2) is 0 Å². The zero-order chi connectivity index (χ0) is 50.2. The number of hydrogen-bond donors (Lipinski definition) is 0. The van der Waals surface area contributed by atoms with Crippen molar-refractivity contribution in [1.29, 1.82) is 0 Å². The molecule has 4 unspecified atom stereocenters. The summed E-state index contributed by atoms with van der Waals surface area (Å²) in [6.45, 7) is -0.0643. The Kier molecular flexibility index (Phi) is 7.17. The van der Waals surface area contributed by atoms with Crippen molar-refractivity contribution in [3.05, 3.63) is 240 Å². The molecule has 2 spiro atoms. The molecule has 0 amide bonds. The number of hydrogen-bond acceptors (Lipinski definition) is 2. The van der Waals surface area contributed by atoms with Crippen molar-refractivity contribution < 1.29 is 0 Å². The SMILES string of the molecule is c1ccc(N(c2ccccc2)c2cc3c4c(c2)-n2c5ccc(C67CC8CC9CC(C6)C987)cc5c5cc(C67CC8CC9CC(C6)C98C7)cc(c52)B4N2c4ccccc4C(c4ccccc4)(c4ccccc4)c4cccc-3c42)cc1. The molecule has 8 saturated carbocycles. The first kappa shape index (κ1) is 41.5. The third-order valence-electron chi connectivity index (χ3n) is 25.0. The van der Waals surface area contributed by atoms with E-state index in [2.05, 4.69) is 221 Å². The smallest absolute Gasteiger partial charge is 0.333 e. The van der Waals surface area contributed by atoms with Gasteiger partial charge in [-0.1, -0.05) is 146 Å². The molecule has 10 aromatic rings. The van der Waals surface area contributed by atoms with Crippen molar-refractivity contribution in [3.63, 3.8) is 0 Å². The van der Waals surface area contributed by atoms with Crippen LogP contribution in [0, 0.1) is 46.3 Å². The number of benzene rings is 9. The summed E-state index contributed by atoms with van der Waals surface area (Å²) in [6, 6.07) is 81.0. The van der Waals surface area contributed by atoms with Gasteiger partial charge in [-0.15, -0.1) is 0 Å². The van der Waals surface area contributed by atoms with Gasteiger partial charge < -0.3 is 14.3 Å². The maximum Gasteiger partial charge on any atom is 0.333 e. The summed E-state index contributed by atoms with van der Waals surface area (Å²) in [5, 5.41) is 2.98. The summed E-state index contributed by atoms with van der Waals surface area (Å²) in [5.41, 5.74) is 25.7. The van der Waals surface area contributed by atoms with Crippen LogP contribution in [0.25, 0.3) is 38.6 Å². The van der Waals surface area contributed by atoms with Gasteiger partial charge in [-0.25, -0.2) is 0 Å². The van der Waals surface area contributed by atoms with Gasteiger partial charge in [0.05, 0.1) is 16.4 Å². The van der Waals surface area contributed by atoms with Crippen LogP contribution in [0.1, 0.15) is 91.2 Å². The third kappa shape index (κ3) is 4.29. The highest BCUT2D eigenvalue weighted by molar-refractivity contribution is 6.93. The highest BCUT2D eigenvalue weighted by Crippen LogP contribution is 2.93. The number of nitrogens with zero attached hydrogens (tertiary/aromatic N) is 3. The molecule has 8 fully saturated rings. The number of rotatable bonds is 7. The predicted octanol–water partition coefficient (Wildman–Crippen LogP) is 16.0. The van der Waals surface area contributed by atoms with E-state index in [0.29, 0.717) is 16.2 Å². The lowest BCUT2D eigenvalue weighted by atomic mass is 9.12. The molecule has 0 radical (unpaired) electrons. The Morgan fingerprint density at radius 2 is 1.08 bits per heavy atom. The molecule has 11 aliphatic rings. The Morgan fingerprint density at radius 3 is 1.73 bits per heavy atom. The van der Waals surface area contributed by atoms with Crippen LogP contribution < -0.4 is 20.6 Å². The zero-order valence-electron chi connectivity index (χ0n) is 43.9. The first-order valence-corrected chi connectivity index (χ1v) is 29.9. The van der Waals surface area contributed by atoms with Gasteiger partial charge in [-0.2, -0.15) is 0 Å². The van der Waals surface area contributed by atoms with E-state index in [9.17, 15) is 0 Å². The monoisotopic (exact) mass is 999 g/mol. The van der Waals surface area contributed by atoms with E-state index in [4.69, 9.17) is 0 Å². The lowest BCUT2D eigenvalue weighted by molar-refractivity contribution is -0.395. The Balaban J connectivity index is 0.906. The van der Waals surface area contributed by atoms with Crippen molar-refractivity contribution in [2.24, 2.45) is 46.3 Å². The Hall–Kier alpha value is -7.56. The van der Waals surface area contributed by atoms with E-state index in [0.717, 1.165) is 46.9 Å². The normalized spacial score (nSPS) is 31.6. The molecule has 9 aromatic carbocycles. The molecule has 3 nitrogen and oxygen atoms in total. The fourth-order valence-corrected chi connectivity index (χ4v) is 22.6. The van der Waals surface area contributed by atoms with Crippen LogP contribution in [0.5, 0.6) is 0 Å². The van der Waals surface area contributed by atoms with E-state index >= 15 is 0 Å². The lowest BCUT2D eigenvalue weighted by Crippen LogP contribution is -2.87. The molecule has 1 aromatic heterocycles. The maximum absolute atomic E-state index is 2.88. The summed E-state index contributed by atoms with van der Waals surface area (Å²) in [4.78, 5) is 5.39. The molecular weight excluding hydrogens is 942 g/mol. The van der Waals surface area contributed by atoms with Crippen LogP contribution in [-0.2, 0) is 16.2 Å². The molecule has 4 heteroatoms. The molecule has 21 rings (SSSR count). The minimum absolute atomic E-state index is 0.0643. The van der Waals surface area contributed by atoms with Crippen LogP contribution in [-0.4, -0.2) is 11.4 Å². The number of aromatic nitrogens is 1. The highest BCUT2D eigenvalue weighted by Gasteiger charge is 2.87.